The Bertz CT molecular complexity index is 3220. The van der Waals surface area contributed by atoms with Gasteiger partial charge in [0.05, 0.1) is 11.1 Å². The van der Waals surface area contributed by atoms with E-state index in [0.29, 0.717) is 0 Å². The van der Waals surface area contributed by atoms with Gasteiger partial charge < -0.3 is 9.32 Å². The van der Waals surface area contributed by atoms with Crippen LogP contribution >= 0.6 is 11.3 Å². The molecule has 2 nitrogen and oxygen atoms in total. The average Bonchev–Trinajstić information content (AvgIpc) is 3.86. The summed E-state index contributed by atoms with van der Waals surface area (Å²) in [6, 6.07) is 76.3. The Hall–Kier alpha value is -7.20. The van der Waals surface area contributed by atoms with Crippen molar-refractivity contribution in [2.24, 2.45) is 0 Å². The molecule has 0 radical (unpaired) electrons. The highest BCUT2D eigenvalue weighted by Crippen LogP contribution is 2.46. The van der Waals surface area contributed by atoms with Crippen molar-refractivity contribution < 1.29 is 4.42 Å². The number of rotatable bonds is 7. The predicted octanol–water partition coefficient (Wildman–Crippen LogP) is 16.1. The molecule has 0 atom stereocenters. The predicted molar refractivity (Wildman–Crippen MR) is 243 cm³/mol. The van der Waals surface area contributed by atoms with Crippen LogP contribution in [0, 0.1) is 0 Å². The van der Waals surface area contributed by atoms with E-state index in [9.17, 15) is 0 Å². The zero-order chi connectivity index (χ0) is 37.7. The standard InChI is InChI=1S/C54H35NOS/c1-4-13-36(14-5-1)37-23-27-42(28-24-37)55(43-29-32-44(38-15-6-2-7-16-38)48(35-43)39-17-8-3-9-18-39)49-20-12-21-50-54(49)47-31-26-40(33-51(47)56-50)41-25-30-46-45-19-10-11-22-52(45)57-53(46)34-41/h1-35H. The minimum atomic E-state index is 0.856. The van der Waals surface area contributed by atoms with Gasteiger partial charge >= 0.3 is 0 Å². The maximum absolute atomic E-state index is 6.74. The first-order valence-corrected chi connectivity index (χ1v) is 20.1. The Morgan fingerprint density at radius 3 is 1.67 bits per heavy atom. The van der Waals surface area contributed by atoms with E-state index in [2.05, 4.69) is 217 Å². The van der Waals surface area contributed by atoms with Crippen LogP contribution in [0.2, 0.25) is 0 Å². The summed E-state index contributed by atoms with van der Waals surface area (Å²) in [5.74, 6) is 0. The van der Waals surface area contributed by atoms with E-state index in [1.165, 1.54) is 59.1 Å². The Morgan fingerprint density at radius 2 is 0.912 bits per heavy atom. The molecule has 0 aliphatic rings. The Labute approximate surface area is 335 Å². The fourth-order valence-corrected chi connectivity index (χ4v) is 9.48. The molecule has 0 aliphatic heterocycles. The molecule has 0 spiro atoms. The van der Waals surface area contributed by atoms with Crippen LogP contribution in [0.1, 0.15) is 0 Å². The molecule has 2 heterocycles. The molecule has 11 aromatic rings. The molecule has 11 rings (SSSR count). The number of anilines is 3. The number of benzene rings is 9. The first-order valence-electron chi connectivity index (χ1n) is 19.3. The summed E-state index contributed by atoms with van der Waals surface area (Å²) >= 11 is 1.85. The zero-order valence-corrected chi connectivity index (χ0v) is 31.8. The summed E-state index contributed by atoms with van der Waals surface area (Å²) in [5.41, 5.74) is 14.3. The van der Waals surface area contributed by atoms with E-state index >= 15 is 0 Å². The largest absolute Gasteiger partial charge is 0.456 e. The van der Waals surface area contributed by atoms with Gasteiger partial charge in [0, 0.05) is 36.9 Å². The number of nitrogens with zero attached hydrogens (tertiary/aromatic N) is 1. The van der Waals surface area contributed by atoms with Crippen molar-refractivity contribution >= 4 is 70.5 Å². The minimum Gasteiger partial charge on any atom is -0.456 e. The van der Waals surface area contributed by atoms with Gasteiger partial charge in [-0.2, -0.15) is 0 Å². The van der Waals surface area contributed by atoms with Gasteiger partial charge in [-0.15, -0.1) is 11.3 Å². The summed E-state index contributed by atoms with van der Waals surface area (Å²) in [7, 11) is 0. The monoisotopic (exact) mass is 745 g/mol. The molecule has 0 unspecified atom stereocenters. The number of thiophene rings is 1. The topological polar surface area (TPSA) is 16.4 Å². The lowest BCUT2D eigenvalue weighted by Gasteiger charge is -2.27. The fraction of sp³-hybridized carbons (Fsp3) is 0. The molecule has 2 aromatic heterocycles. The van der Waals surface area contributed by atoms with Crippen molar-refractivity contribution in [1.29, 1.82) is 0 Å². The van der Waals surface area contributed by atoms with E-state index in [4.69, 9.17) is 4.42 Å². The molecule has 0 N–H and O–H groups in total. The van der Waals surface area contributed by atoms with Crippen molar-refractivity contribution in [2.45, 2.75) is 0 Å². The highest BCUT2D eigenvalue weighted by molar-refractivity contribution is 7.25. The van der Waals surface area contributed by atoms with Gasteiger partial charge in [-0.05, 0) is 105 Å². The summed E-state index contributed by atoms with van der Waals surface area (Å²) < 4.78 is 9.34. The second-order valence-electron chi connectivity index (χ2n) is 14.5. The maximum atomic E-state index is 6.74. The zero-order valence-electron chi connectivity index (χ0n) is 31.0. The van der Waals surface area contributed by atoms with Crippen molar-refractivity contribution in [2.75, 3.05) is 4.90 Å². The van der Waals surface area contributed by atoms with Crippen LogP contribution in [-0.4, -0.2) is 0 Å². The first-order chi connectivity index (χ1) is 28.2. The quantitative estimate of drug-likeness (QED) is 0.162. The van der Waals surface area contributed by atoms with E-state index in [-0.39, 0.29) is 0 Å². The number of hydrogen-bond donors (Lipinski definition) is 0. The summed E-state index contributed by atoms with van der Waals surface area (Å²) in [5, 5.41) is 4.79. The van der Waals surface area contributed by atoms with Gasteiger partial charge in [-0.3, -0.25) is 0 Å². The Kier molecular flexibility index (Phi) is 8.04. The second-order valence-corrected chi connectivity index (χ2v) is 15.6. The van der Waals surface area contributed by atoms with Crippen molar-refractivity contribution in [1.82, 2.24) is 0 Å². The molecular weight excluding hydrogens is 711 g/mol. The SMILES string of the molecule is c1ccc(-c2ccc(N(c3ccc(-c4ccccc4)c(-c4ccccc4)c3)c3cccc4oc5cc(-c6ccc7c(c6)sc6ccccc67)ccc5c34)cc2)cc1. The van der Waals surface area contributed by atoms with Gasteiger partial charge in [0.25, 0.3) is 0 Å². The third-order valence-corrected chi connectivity index (χ3v) is 12.2. The molecular formula is C54H35NOS. The highest BCUT2D eigenvalue weighted by Gasteiger charge is 2.22. The molecule has 268 valence electrons. The number of furan rings is 1. The lowest BCUT2D eigenvalue weighted by Crippen LogP contribution is -2.10. The van der Waals surface area contributed by atoms with E-state index < -0.39 is 0 Å². The summed E-state index contributed by atoms with van der Waals surface area (Å²) in [4.78, 5) is 2.39. The molecule has 57 heavy (non-hydrogen) atoms. The van der Waals surface area contributed by atoms with Gasteiger partial charge in [-0.1, -0.05) is 152 Å². The summed E-state index contributed by atoms with van der Waals surface area (Å²) in [6.07, 6.45) is 0. The average molecular weight is 746 g/mol. The molecule has 0 saturated carbocycles. The lowest BCUT2D eigenvalue weighted by atomic mass is 9.93. The Balaban J connectivity index is 1.09. The van der Waals surface area contributed by atoms with Crippen LogP contribution in [-0.2, 0) is 0 Å². The minimum absolute atomic E-state index is 0.856. The molecule has 0 amide bonds. The maximum Gasteiger partial charge on any atom is 0.137 e. The molecule has 0 bridgehead atoms. The van der Waals surface area contributed by atoms with Gasteiger partial charge in [0.1, 0.15) is 11.2 Å². The van der Waals surface area contributed by atoms with Crippen LogP contribution < -0.4 is 4.90 Å². The molecule has 9 aromatic carbocycles. The van der Waals surface area contributed by atoms with Crippen molar-refractivity contribution in [3.8, 4) is 44.5 Å². The highest BCUT2D eigenvalue weighted by atomic mass is 32.1. The smallest absolute Gasteiger partial charge is 0.137 e. The Morgan fingerprint density at radius 1 is 0.333 bits per heavy atom. The van der Waals surface area contributed by atoms with Crippen LogP contribution in [0.4, 0.5) is 17.1 Å². The van der Waals surface area contributed by atoms with Gasteiger partial charge in [0.15, 0.2) is 0 Å². The van der Waals surface area contributed by atoms with Crippen LogP contribution in [0.25, 0.3) is 86.6 Å². The second kappa shape index (κ2) is 13.8. The van der Waals surface area contributed by atoms with Crippen molar-refractivity contribution in [3.63, 3.8) is 0 Å². The van der Waals surface area contributed by atoms with E-state index in [1.807, 2.05) is 11.3 Å². The fourth-order valence-electron chi connectivity index (χ4n) is 8.34. The lowest BCUT2D eigenvalue weighted by molar-refractivity contribution is 0.669. The summed E-state index contributed by atoms with van der Waals surface area (Å²) in [6.45, 7) is 0. The van der Waals surface area contributed by atoms with E-state index in [0.717, 1.165) is 44.6 Å². The third-order valence-electron chi connectivity index (χ3n) is 11.1. The van der Waals surface area contributed by atoms with Crippen LogP contribution in [0.15, 0.2) is 217 Å². The molecule has 3 heteroatoms. The van der Waals surface area contributed by atoms with Gasteiger partial charge in [0.2, 0.25) is 0 Å². The number of hydrogen-bond acceptors (Lipinski definition) is 3. The van der Waals surface area contributed by atoms with Crippen molar-refractivity contribution in [3.05, 3.63) is 212 Å². The molecule has 0 aliphatic carbocycles. The number of fused-ring (bicyclic) bond motifs is 6. The third kappa shape index (κ3) is 5.88. The normalized spacial score (nSPS) is 11.5. The van der Waals surface area contributed by atoms with E-state index in [1.54, 1.807) is 0 Å². The first kappa shape index (κ1) is 33.2. The van der Waals surface area contributed by atoms with Crippen LogP contribution in [0.3, 0.4) is 0 Å². The van der Waals surface area contributed by atoms with Gasteiger partial charge in [-0.25, -0.2) is 0 Å². The molecule has 0 fully saturated rings. The van der Waals surface area contributed by atoms with Crippen LogP contribution in [0.5, 0.6) is 0 Å². The molecule has 0 saturated heterocycles.